The van der Waals surface area contributed by atoms with E-state index in [-0.39, 0.29) is 23.6 Å². The van der Waals surface area contributed by atoms with Crippen LogP contribution in [-0.2, 0) is 9.53 Å². The number of hydrogen-bond acceptors (Lipinski definition) is 6. The highest BCUT2D eigenvalue weighted by Gasteiger charge is 2.48. The maximum Gasteiger partial charge on any atom is 0.410 e. The van der Waals surface area contributed by atoms with Crippen LogP contribution < -0.4 is 9.47 Å². The van der Waals surface area contributed by atoms with Crippen LogP contribution in [0.3, 0.4) is 0 Å². The third-order valence-electron chi connectivity index (χ3n) is 6.74. The van der Waals surface area contributed by atoms with Crippen LogP contribution in [0.1, 0.15) is 44.9 Å². The molecule has 7 nitrogen and oxygen atoms in total. The van der Waals surface area contributed by atoms with Gasteiger partial charge in [0.2, 0.25) is 5.91 Å². The zero-order valence-electron chi connectivity index (χ0n) is 18.4. The molecule has 0 N–H and O–H groups in total. The van der Waals surface area contributed by atoms with Gasteiger partial charge >= 0.3 is 6.09 Å². The smallest absolute Gasteiger partial charge is 0.410 e. The van der Waals surface area contributed by atoms with Gasteiger partial charge in [0.05, 0.1) is 26.5 Å². The summed E-state index contributed by atoms with van der Waals surface area (Å²) in [5.74, 6) is 1.85. The molecule has 170 valence electrons. The second-order valence-corrected chi connectivity index (χ2v) is 9.71. The molecule has 0 unspecified atom stereocenters. The number of ether oxygens (including phenoxy) is 3. The van der Waals surface area contributed by atoms with Crippen LogP contribution in [0.2, 0.25) is 0 Å². The maximum absolute atomic E-state index is 12.7. The second-order valence-electron chi connectivity index (χ2n) is 8.66. The van der Waals surface area contributed by atoms with Crippen molar-refractivity contribution in [3.05, 3.63) is 18.2 Å². The van der Waals surface area contributed by atoms with E-state index in [9.17, 15) is 9.59 Å². The first-order chi connectivity index (χ1) is 15.0. The Labute approximate surface area is 188 Å². The van der Waals surface area contributed by atoms with Gasteiger partial charge in [-0.3, -0.25) is 4.79 Å². The van der Waals surface area contributed by atoms with Crippen molar-refractivity contribution >= 4 is 23.8 Å². The van der Waals surface area contributed by atoms with Crippen LogP contribution in [0.25, 0.3) is 0 Å². The van der Waals surface area contributed by atoms with E-state index in [0.29, 0.717) is 30.3 Å². The molecule has 2 heterocycles. The lowest BCUT2D eigenvalue weighted by Crippen LogP contribution is -2.48. The molecule has 0 radical (unpaired) electrons. The predicted molar refractivity (Wildman–Crippen MR) is 119 cm³/mol. The molecular weight excluding hydrogens is 416 g/mol. The summed E-state index contributed by atoms with van der Waals surface area (Å²) in [5, 5.41) is 0. The highest BCUT2D eigenvalue weighted by atomic mass is 32.2. The standard InChI is InChI=1S/C23H32N2O5S/c1-28-19-7-6-18(14-20(19)29-2)31-15-21(26)24-12-8-17(9-13-24)25-16-23(30-22(25)27)10-4-3-5-11-23/h6-7,14,17H,3-5,8-13,15-16H2,1-2H3. The van der Waals surface area contributed by atoms with Gasteiger partial charge < -0.3 is 24.0 Å². The molecule has 2 saturated heterocycles. The van der Waals surface area contributed by atoms with Crippen LogP contribution in [0.15, 0.2) is 23.1 Å². The average Bonchev–Trinajstić information content (AvgIpc) is 3.12. The third kappa shape index (κ3) is 4.89. The number of hydrogen-bond donors (Lipinski definition) is 0. The van der Waals surface area contributed by atoms with Crippen LogP contribution >= 0.6 is 11.8 Å². The lowest BCUT2D eigenvalue weighted by molar-refractivity contribution is -0.129. The van der Waals surface area contributed by atoms with E-state index < -0.39 is 0 Å². The van der Waals surface area contributed by atoms with Crippen LogP contribution in [0.4, 0.5) is 4.79 Å². The highest BCUT2D eigenvalue weighted by Crippen LogP contribution is 2.39. The summed E-state index contributed by atoms with van der Waals surface area (Å²) >= 11 is 1.50. The number of rotatable bonds is 6. The van der Waals surface area contributed by atoms with Crippen molar-refractivity contribution in [2.24, 2.45) is 0 Å². The Morgan fingerprint density at radius 2 is 1.84 bits per heavy atom. The van der Waals surface area contributed by atoms with E-state index in [0.717, 1.165) is 50.0 Å². The number of carbonyl (C=O) groups is 2. The Bertz CT molecular complexity index is 803. The maximum atomic E-state index is 12.7. The van der Waals surface area contributed by atoms with Gasteiger partial charge in [0.25, 0.3) is 0 Å². The number of amides is 2. The minimum absolute atomic E-state index is 0.131. The predicted octanol–water partition coefficient (Wildman–Crippen LogP) is 3.94. The van der Waals surface area contributed by atoms with Gasteiger partial charge in [-0.05, 0) is 56.7 Å². The molecule has 1 saturated carbocycles. The largest absolute Gasteiger partial charge is 0.493 e. The fourth-order valence-corrected chi connectivity index (χ4v) is 5.78. The summed E-state index contributed by atoms with van der Waals surface area (Å²) in [4.78, 5) is 30.1. The van der Waals surface area contributed by atoms with Crippen LogP contribution in [0.5, 0.6) is 11.5 Å². The molecule has 0 aromatic heterocycles. The number of likely N-dealkylation sites (tertiary alicyclic amines) is 1. The Hall–Kier alpha value is -2.09. The summed E-state index contributed by atoms with van der Waals surface area (Å²) in [6, 6.07) is 5.86. The number of nitrogens with zero attached hydrogens (tertiary/aromatic N) is 2. The fraction of sp³-hybridized carbons (Fsp3) is 0.652. The Balaban J connectivity index is 1.26. The second kappa shape index (κ2) is 9.59. The van der Waals surface area contributed by atoms with Crippen molar-refractivity contribution in [3.8, 4) is 11.5 Å². The molecule has 3 fully saturated rings. The quantitative estimate of drug-likeness (QED) is 0.614. The topological polar surface area (TPSA) is 68.3 Å². The summed E-state index contributed by atoms with van der Waals surface area (Å²) < 4.78 is 16.4. The number of thioether (sulfide) groups is 1. The van der Waals surface area contributed by atoms with Crippen molar-refractivity contribution < 1.29 is 23.8 Å². The van der Waals surface area contributed by atoms with Gasteiger partial charge in [0.15, 0.2) is 11.5 Å². The average molecular weight is 449 g/mol. The van der Waals surface area contributed by atoms with Crippen molar-refractivity contribution in [2.75, 3.05) is 39.6 Å². The minimum Gasteiger partial charge on any atom is -0.493 e. The van der Waals surface area contributed by atoms with Crippen molar-refractivity contribution in [1.29, 1.82) is 0 Å². The van der Waals surface area contributed by atoms with Gasteiger partial charge in [-0.2, -0.15) is 0 Å². The van der Waals surface area contributed by atoms with Crippen LogP contribution in [-0.4, -0.2) is 73.0 Å². The van der Waals surface area contributed by atoms with Gasteiger partial charge in [-0.1, -0.05) is 6.42 Å². The zero-order chi connectivity index (χ0) is 21.8. The monoisotopic (exact) mass is 448 g/mol. The molecule has 1 aromatic carbocycles. The first-order valence-electron chi connectivity index (χ1n) is 11.2. The van der Waals surface area contributed by atoms with Crippen LogP contribution in [0, 0.1) is 0 Å². The van der Waals surface area contributed by atoms with E-state index in [1.54, 1.807) is 14.2 Å². The van der Waals surface area contributed by atoms with Gasteiger partial charge in [0.1, 0.15) is 5.60 Å². The molecule has 2 amide bonds. The van der Waals surface area contributed by atoms with E-state index >= 15 is 0 Å². The molecule has 0 bridgehead atoms. The van der Waals surface area contributed by atoms with E-state index in [2.05, 4.69) is 0 Å². The number of carbonyl (C=O) groups excluding carboxylic acids is 2. The highest BCUT2D eigenvalue weighted by molar-refractivity contribution is 8.00. The number of benzene rings is 1. The molecule has 0 atom stereocenters. The Morgan fingerprint density at radius 1 is 1.13 bits per heavy atom. The Morgan fingerprint density at radius 3 is 2.52 bits per heavy atom. The van der Waals surface area contributed by atoms with Crippen molar-refractivity contribution in [3.63, 3.8) is 0 Å². The van der Waals surface area contributed by atoms with Crippen molar-refractivity contribution in [2.45, 2.75) is 61.5 Å². The Kier molecular flexibility index (Phi) is 6.84. The summed E-state index contributed by atoms with van der Waals surface area (Å²) in [5.41, 5.74) is -0.252. The first-order valence-corrected chi connectivity index (χ1v) is 12.1. The molecule has 1 aromatic rings. The number of methoxy groups -OCH3 is 2. The molecule has 3 aliphatic rings. The lowest BCUT2D eigenvalue weighted by Gasteiger charge is -2.36. The van der Waals surface area contributed by atoms with E-state index in [1.165, 1.54) is 18.2 Å². The van der Waals surface area contributed by atoms with Crippen molar-refractivity contribution in [1.82, 2.24) is 9.80 Å². The van der Waals surface area contributed by atoms with Gasteiger partial charge in [-0.15, -0.1) is 11.8 Å². The molecule has 8 heteroatoms. The number of piperidine rings is 1. The van der Waals surface area contributed by atoms with E-state index in [4.69, 9.17) is 14.2 Å². The normalized spacial score (nSPS) is 21.3. The van der Waals surface area contributed by atoms with Gasteiger partial charge in [0, 0.05) is 24.0 Å². The summed E-state index contributed by atoms with van der Waals surface area (Å²) in [7, 11) is 3.21. The molecule has 1 spiro atoms. The third-order valence-corrected chi connectivity index (χ3v) is 7.72. The summed E-state index contributed by atoms with van der Waals surface area (Å²) in [6.07, 6.45) is 6.98. The molecule has 4 rings (SSSR count). The SMILES string of the molecule is COc1ccc(SCC(=O)N2CCC(N3CC4(CCCCC4)OC3=O)CC2)cc1OC. The van der Waals surface area contributed by atoms with Gasteiger partial charge in [-0.25, -0.2) is 4.79 Å². The molecule has 2 aliphatic heterocycles. The first kappa shape index (κ1) is 22.1. The van der Waals surface area contributed by atoms with E-state index in [1.807, 2.05) is 28.0 Å². The molecular formula is C23H32N2O5S. The zero-order valence-corrected chi connectivity index (χ0v) is 19.2. The lowest BCUT2D eigenvalue weighted by atomic mass is 9.84. The minimum atomic E-state index is -0.252. The summed E-state index contributed by atoms with van der Waals surface area (Å²) in [6.45, 7) is 2.10. The fourth-order valence-electron chi connectivity index (χ4n) is 4.96. The molecule has 1 aliphatic carbocycles. The molecule has 31 heavy (non-hydrogen) atoms.